The molecule has 2 aromatic rings. The first-order chi connectivity index (χ1) is 12.7. The molecule has 8 heteroatoms. The molecule has 1 aromatic heterocycles. The van der Waals surface area contributed by atoms with Crippen molar-refractivity contribution in [3.05, 3.63) is 40.7 Å². The van der Waals surface area contributed by atoms with Crippen LogP contribution in [0.4, 0.5) is 17.3 Å². The van der Waals surface area contributed by atoms with E-state index in [0.717, 1.165) is 31.6 Å². The van der Waals surface area contributed by atoms with Crippen molar-refractivity contribution < 1.29 is 0 Å². The number of hydrogen-bond acceptors (Lipinski definition) is 7. The smallest absolute Gasteiger partial charge is 0.154 e. The van der Waals surface area contributed by atoms with Crippen molar-refractivity contribution in [1.82, 2.24) is 9.97 Å². The first kappa shape index (κ1) is 19.4. The molecule has 5 N–H and O–H groups in total. The Morgan fingerprint density at radius 3 is 2.56 bits per heavy atom. The van der Waals surface area contributed by atoms with Gasteiger partial charge in [0.1, 0.15) is 11.5 Å². The minimum Gasteiger partial charge on any atom is -0.382 e. The summed E-state index contributed by atoms with van der Waals surface area (Å²) in [7, 11) is 3.81. The molecule has 1 aromatic carbocycles. The van der Waals surface area contributed by atoms with E-state index in [1.807, 2.05) is 31.1 Å². The topological polar surface area (TPSA) is 108 Å². The average Bonchev–Trinajstić information content (AvgIpc) is 2.61. The Balaban J connectivity index is 1.86. The number of anilines is 3. The third kappa shape index (κ3) is 3.99. The highest BCUT2D eigenvalue weighted by atomic mass is 35.5. The summed E-state index contributed by atoms with van der Waals surface area (Å²) in [6.07, 6.45) is 3.45. The van der Waals surface area contributed by atoms with Gasteiger partial charge in [-0.1, -0.05) is 23.7 Å². The Kier molecular flexibility index (Phi) is 5.26. The van der Waals surface area contributed by atoms with Crippen LogP contribution in [0.1, 0.15) is 31.0 Å². The molecule has 7 nitrogen and oxygen atoms in total. The number of nitrogens with zero attached hydrogens (tertiary/aromatic N) is 4. The van der Waals surface area contributed by atoms with Gasteiger partial charge < -0.3 is 21.3 Å². The molecule has 0 spiro atoms. The van der Waals surface area contributed by atoms with Gasteiger partial charge in [-0.3, -0.25) is 5.41 Å². The predicted molar refractivity (Wildman–Crippen MR) is 112 cm³/mol. The first-order valence-corrected chi connectivity index (χ1v) is 9.29. The summed E-state index contributed by atoms with van der Waals surface area (Å²) in [5, 5.41) is 9.04. The van der Waals surface area contributed by atoms with Gasteiger partial charge in [-0.2, -0.15) is 0 Å². The van der Waals surface area contributed by atoms with Crippen LogP contribution in [0.15, 0.2) is 24.4 Å². The van der Waals surface area contributed by atoms with E-state index in [0.29, 0.717) is 22.1 Å². The number of nitrogen functional groups attached to an aromatic ring is 1. The minimum absolute atomic E-state index is 0.133. The average molecular weight is 388 g/mol. The van der Waals surface area contributed by atoms with Gasteiger partial charge in [0.2, 0.25) is 0 Å². The molecule has 0 aliphatic carbocycles. The van der Waals surface area contributed by atoms with Gasteiger partial charge in [0.15, 0.2) is 5.82 Å². The van der Waals surface area contributed by atoms with Gasteiger partial charge in [0.05, 0.1) is 22.6 Å². The highest BCUT2D eigenvalue weighted by Crippen LogP contribution is 2.30. The molecular weight excluding hydrogens is 362 g/mol. The zero-order valence-corrected chi connectivity index (χ0v) is 16.7. The summed E-state index contributed by atoms with van der Waals surface area (Å²) in [5.74, 6) is 0.942. The summed E-state index contributed by atoms with van der Waals surface area (Å²) in [6.45, 7) is 3.70. The van der Waals surface area contributed by atoms with Crippen LogP contribution < -0.4 is 21.3 Å². The summed E-state index contributed by atoms with van der Waals surface area (Å²) in [6, 6.07) is 5.55. The largest absolute Gasteiger partial charge is 0.382 e. The van der Waals surface area contributed by atoms with E-state index in [2.05, 4.69) is 21.8 Å². The summed E-state index contributed by atoms with van der Waals surface area (Å²) in [5.41, 5.74) is 14.1. The van der Waals surface area contributed by atoms with Crippen molar-refractivity contribution in [3.8, 4) is 0 Å². The third-order valence-electron chi connectivity index (χ3n) is 4.98. The van der Waals surface area contributed by atoms with Crippen LogP contribution in [0, 0.1) is 5.41 Å². The molecule has 144 valence electrons. The highest BCUT2D eigenvalue weighted by molar-refractivity contribution is 6.37. The Morgan fingerprint density at radius 2 is 1.96 bits per heavy atom. The van der Waals surface area contributed by atoms with E-state index >= 15 is 0 Å². The molecule has 2 heterocycles. The molecule has 3 rings (SSSR count). The second kappa shape index (κ2) is 7.32. The molecule has 0 atom stereocenters. The summed E-state index contributed by atoms with van der Waals surface area (Å²) < 4.78 is 0. The fourth-order valence-corrected chi connectivity index (χ4v) is 3.56. The van der Waals surface area contributed by atoms with Crippen molar-refractivity contribution in [2.24, 2.45) is 5.73 Å². The van der Waals surface area contributed by atoms with Gasteiger partial charge >= 0.3 is 0 Å². The third-order valence-corrected chi connectivity index (χ3v) is 5.38. The number of aromatic nitrogens is 2. The van der Waals surface area contributed by atoms with E-state index in [4.69, 9.17) is 28.5 Å². The van der Waals surface area contributed by atoms with Crippen LogP contribution in [0.25, 0.3) is 0 Å². The van der Waals surface area contributed by atoms with Crippen LogP contribution >= 0.6 is 11.6 Å². The van der Waals surface area contributed by atoms with Gasteiger partial charge in [0, 0.05) is 38.3 Å². The summed E-state index contributed by atoms with van der Waals surface area (Å²) >= 11 is 6.49. The second-order valence-electron chi connectivity index (χ2n) is 7.51. The van der Waals surface area contributed by atoms with Crippen LogP contribution in [0.2, 0.25) is 5.02 Å². The van der Waals surface area contributed by atoms with E-state index in [1.165, 1.54) is 0 Å². The Labute approximate surface area is 164 Å². The zero-order valence-electron chi connectivity index (χ0n) is 16.0. The van der Waals surface area contributed by atoms with Gasteiger partial charge in [0.25, 0.3) is 0 Å². The highest BCUT2D eigenvalue weighted by Gasteiger charge is 2.27. The monoisotopic (exact) mass is 387 g/mol. The molecule has 1 fully saturated rings. The van der Waals surface area contributed by atoms with E-state index < -0.39 is 0 Å². The molecule has 0 unspecified atom stereocenters. The number of benzene rings is 1. The van der Waals surface area contributed by atoms with E-state index in [9.17, 15) is 0 Å². The Hall–Kier alpha value is -2.38. The lowest BCUT2D eigenvalue weighted by atomic mass is 9.91. The van der Waals surface area contributed by atoms with Crippen molar-refractivity contribution in [1.29, 1.82) is 5.41 Å². The quantitative estimate of drug-likeness (QED) is 0.695. The van der Waals surface area contributed by atoms with E-state index in [-0.39, 0.29) is 17.1 Å². The van der Waals surface area contributed by atoms with Gasteiger partial charge in [-0.15, -0.1) is 0 Å². The lowest BCUT2D eigenvalue weighted by Crippen LogP contribution is -2.48. The predicted octanol–water partition coefficient (Wildman–Crippen LogP) is 2.51. The zero-order chi connectivity index (χ0) is 19.8. The molecule has 0 saturated carbocycles. The first-order valence-electron chi connectivity index (χ1n) is 8.91. The van der Waals surface area contributed by atoms with Crippen LogP contribution in [-0.2, 0) is 0 Å². The second-order valence-corrected chi connectivity index (χ2v) is 7.89. The number of nitrogens with one attached hydrogen (secondary N) is 1. The maximum Gasteiger partial charge on any atom is 0.154 e. The van der Waals surface area contributed by atoms with Crippen molar-refractivity contribution in [2.45, 2.75) is 25.3 Å². The lowest BCUT2D eigenvalue weighted by molar-refractivity contribution is 0.363. The van der Waals surface area contributed by atoms with E-state index in [1.54, 1.807) is 12.3 Å². The van der Waals surface area contributed by atoms with Crippen LogP contribution in [0.3, 0.4) is 0 Å². The molecule has 27 heavy (non-hydrogen) atoms. The standard InChI is InChI=1S/C19H26ClN7/c1-19(23)7-9-27(10-8-19)14-11-24-17(18(22)25-14)16(21)12-5-4-6-13(15(12)20)26(2)3/h4-6,11,21H,7-10,23H2,1-3H3,(H2,22,25). The maximum absolute atomic E-state index is 8.54. The van der Waals surface area contributed by atoms with Crippen LogP contribution in [0.5, 0.6) is 0 Å². The molecular formula is C19H26ClN7. The Bertz CT molecular complexity index is 853. The maximum atomic E-state index is 8.54. The van der Waals surface area contributed by atoms with Crippen molar-refractivity contribution in [2.75, 3.05) is 42.7 Å². The fourth-order valence-electron chi connectivity index (χ4n) is 3.17. The van der Waals surface area contributed by atoms with Gasteiger partial charge in [-0.25, -0.2) is 9.97 Å². The van der Waals surface area contributed by atoms with Crippen molar-refractivity contribution in [3.63, 3.8) is 0 Å². The minimum atomic E-state index is -0.133. The number of rotatable bonds is 4. The fraction of sp³-hybridized carbons (Fsp3) is 0.421. The number of hydrogen-bond donors (Lipinski definition) is 3. The van der Waals surface area contributed by atoms with Crippen LogP contribution in [-0.4, -0.2) is 48.4 Å². The number of piperidine rings is 1. The molecule has 1 saturated heterocycles. The molecule has 0 bridgehead atoms. The number of halogens is 1. The molecule has 1 aliphatic rings. The molecule has 1 aliphatic heterocycles. The normalized spacial score (nSPS) is 16.3. The molecule has 0 radical (unpaired) electrons. The lowest BCUT2D eigenvalue weighted by Gasteiger charge is -2.37. The Morgan fingerprint density at radius 1 is 1.30 bits per heavy atom. The number of nitrogens with two attached hydrogens (primary N) is 2. The molecule has 0 amide bonds. The SMILES string of the molecule is CN(C)c1cccc(C(=N)c2ncc(N3CCC(C)(N)CC3)nc2N)c1Cl. The van der Waals surface area contributed by atoms with Crippen molar-refractivity contribution >= 4 is 34.6 Å². The summed E-state index contributed by atoms with van der Waals surface area (Å²) in [4.78, 5) is 12.9. The van der Waals surface area contributed by atoms with Gasteiger partial charge in [-0.05, 0) is 25.8 Å².